The number of hydrogen-bond acceptors (Lipinski definition) is 5. The highest BCUT2D eigenvalue weighted by molar-refractivity contribution is 5.93. The second-order valence-electron chi connectivity index (χ2n) is 7.20. The topological polar surface area (TPSA) is 75.5 Å². The van der Waals surface area contributed by atoms with E-state index in [4.69, 9.17) is 9.47 Å². The van der Waals surface area contributed by atoms with Crippen LogP contribution in [0.15, 0.2) is 24.3 Å². The first kappa shape index (κ1) is 20.4. The third-order valence-corrected chi connectivity index (χ3v) is 5.45. The van der Waals surface area contributed by atoms with Crippen molar-refractivity contribution in [2.24, 2.45) is 0 Å². The van der Waals surface area contributed by atoms with E-state index >= 15 is 0 Å². The zero-order valence-electron chi connectivity index (χ0n) is 16.8. The number of quaternary nitrogens is 1. The highest BCUT2D eigenvalue weighted by atomic mass is 16.6. The van der Waals surface area contributed by atoms with Gasteiger partial charge in [-0.3, -0.25) is 9.69 Å². The van der Waals surface area contributed by atoms with Gasteiger partial charge in [-0.15, -0.1) is 0 Å². The minimum Gasteiger partial charge on any atom is -0.450 e. The Morgan fingerprint density at radius 2 is 1.79 bits per heavy atom. The summed E-state index contributed by atoms with van der Waals surface area (Å²) in [5, 5.41) is 3.02. The molecule has 2 amide bonds. The maximum Gasteiger partial charge on any atom is 0.410 e. The zero-order valence-corrected chi connectivity index (χ0v) is 16.8. The quantitative estimate of drug-likeness (QED) is 0.751. The van der Waals surface area contributed by atoms with Crippen LogP contribution in [0.3, 0.4) is 0 Å². The molecule has 154 valence electrons. The fraction of sp³-hybridized carbons (Fsp3) is 0.600. The molecule has 0 saturated carbocycles. The van der Waals surface area contributed by atoms with Crippen LogP contribution in [0.5, 0.6) is 0 Å². The molecule has 0 unspecified atom stereocenters. The van der Waals surface area contributed by atoms with E-state index in [-0.39, 0.29) is 18.0 Å². The molecule has 2 N–H and O–H groups in total. The lowest BCUT2D eigenvalue weighted by molar-refractivity contribution is -0.917. The summed E-state index contributed by atoms with van der Waals surface area (Å²) in [4.78, 5) is 29.6. The summed E-state index contributed by atoms with van der Waals surface area (Å²) in [7, 11) is 0. The Bertz CT molecular complexity index is 653. The first-order chi connectivity index (χ1) is 13.6. The number of carbonyl (C=O) groups is 2. The molecule has 3 rings (SSSR count). The molecule has 8 nitrogen and oxygen atoms in total. The standard InChI is InChI=1S/C20H30N4O4/c1-3-28-20(26)24-10-8-22(9-11-24)16(2)19(25)21-17-4-6-18(7-5-17)23-12-14-27-15-13-23/h4-7,16H,3,8-15H2,1-2H3,(H,21,25)/p+1/t16-/m0/s1. The molecule has 2 fully saturated rings. The van der Waals surface area contributed by atoms with Gasteiger partial charge in [0.2, 0.25) is 0 Å². The summed E-state index contributed by atoms with van der Waals surface area (Å²) in [5.41, 5.74) is 1.95. The number of anilines is 2. The second-order valence-corrected chi connectivity index (χ2v) is 7.20. The third-order valence-electron chi connectivity index (χ3n) is 5.45. The van der Waals surface area contributed by atoms with E-state index in [9.17, 15) is 9.59 Å². The van der Waals surface area contributed by atoms with Crippen molar-refractivity contribution in [3.05, 3.63) is 24.3 Å². The third kappa shape index (κ3) is 5.14. The summed E-state index contributed by atoms with van der Waals surface area (Å²) in [6.07, 6.45) is -0.265. The normalized spacial score (nSPS) is 19.2. The smallest absolute Gasteiger partial charge is 0.410 e. The van der Waals surface area contributed by atoms with Gasteiger partial charge in [0.1, 0.15) is 0 Å². The van der Waals surface area contributed by atoms with E-state index in [0.29, 0.717) is 19.7 Å². The molecule has 0 spiro atoms. The van der Waals surface area contributed by atoms with E-state index in [2.05, 4.69) is 10.2 Å². The molecule has 1 aromatic rings. The molecule has 2 aliphatic rings. The van der Waals surface area contributed by atoms with Gasteiger partial charge in [0.15, 0.2) is 6.04 Å². The van der Waals surface area contributed by atoms with E-state index in [0.717, 1.165) is 50.8 Å². The van der Waals surface area contributed by atoms with Crippen LogP contribution in [-0.2, 0) is 14.3 Å². The number of rotatable bonds is 5. The molecular formula is C20H31N4O4+. The van der Waals surface area contributed by atoms with Crippen LogP contribution in [0.4, 0.5) is 16.2 Å². The Balaban J connectivity index is 1.48. The van der Waals surface area contributed by atoms with Crippen molar-refractivity contribution in [1.29, 1.82) is 0 Å². The maximum atomic E-state index is 12.7. The average molecular weight is 391 g/mol. The van der Waals surface area contributed by atoms with Crippen LogP contribution in [0, 0.1) is 0 Å². The highest BCUT2D eigenvalue weighted by Gasteiger charge is 2.31. The number of piperazine rings is 1. The van der Waals surface area contributed by atoms with Crippen molar-refractivity contribution in [2.45, 2.75) is 19.9 Å². The minimum atomic E-state index is -0.265. The molecule has 8 heteroatoms. The molecule has 0 bridgehead atoms. The van der Waals surface area contributed by atoms with Crippen molar-refractivity contribution in [2.75, 3.05) is 69.3 Å². The Hall–Kier alpha value is -2.32. The first-order valence-corrected chi connectivity index (χ1v) is 10.1. The summed E-state index contributed by atoms with van der Waals surface area (Å²) < 4.78 is 10.4. The fourth-order valence-electron chi connectivity index (χ4n) is 3.64. The first-order valence-electron chi connectivity index (χ1n) is 10.1. The lowest BCUT2D eigenvalue weighted by Gasteiger charge is -2.34. The Morgan fingerprint density at radius 3 is 2.39 bits per heavy atom. The lowest BCUT2D eigenvalue weighted by atomic mass is 10.2. The predicted molar refractivity (Wildman–Crippen MR) is 107 cm³/mol. The number of nitrogens with one attached hydrogen (secondary N) is 2. The van der Waals surface area contributed by atoms with Gasteiger partial charge in [0, 0.05) is 24.5 Å². The van der Waals surface area contributed by atoms with Crippen LogP contribution in [0.25, 0.3) is 0 Å². The van der Waals surface area contributed by atoms with Crippen LogP contribution in [0.2, 0.25) is 0 Å². The van der Waals surface area contributed by atoms with Crippen molar-refractivity contribution in [3.8, 4) is 0 Å². The lowest BCUT2D eigenvalue weighted by Crippen LogP contribution is -3.19. The number of ether oxygens (including phenoxy) is 2. The largest absolute Gasteiger partial charge is 0.450 e. The van der Waals surface area contributed by atoms with E-state index in [1.54, 1.807) is 11.8 Å². The van der Waals surface area contributed by atoms with Crippen LogP contribution >= 0.6 is 0 Å². The number of nitrogens with zero attached hydrogens (tertiary/aromatic N) is 2. The maximum absolute atomic E-state index is 12.7. The molecule has 0 radical (unpaired) electrons. The molecule has 2 aliphatic heterocycles. The van der Waals surface area contributed by atoms with Gasteiger partial charge in [-0.2, -0.15) is 0 Å². The summed E-state index contributed by atoms with van der Waals surface area (Å²) in [6, 6.07) is 7.79. The van der Waals surface area contributed by atoms with Crippen molar-refractivity contribution >= 4 is 23.4 Å². The number of hydrogen-bond donors (Lipinski definition) is 2. The Morgan fingerprint density at radius 1 is 1.14 bits per heavy atom. The molecular weight excluding hydrogens is 360 g/mol. The number of benzene rings is 1. The minimum absolute atomic E-state index is 0.00120. The van der Waals surface area contributed by atoms with Gasteiger partial charge in [0.25, 0.3) is 5.91 Å². The molecule has 1 aromatic carbocycles. The Labute approximate surface area is 166 Å². The molecule has 0 aliphatic carbocycles. The zero-order chi connectivity index (χ0) is 19.9. The van der Waals surface area contributed by atoms with Gasteiger partial charge in [-0.05, 0) is 38.1 Å². The summed E-state index contributed by atoms with van der Waals surface area (Å²) in [6.45, 7) is 10.1. The molecule has 2 heterocycles. The van der Waals surface area contributed by atoms with Gasteiger partial charge in [-0.1, -0.05) is 0 Å². The van der Waals surface area contributed by atoms with E-state index < -0.39 is 0 Å². The molecule has 0 aromatic heterocycles. The number of carbonyl (C=O) groups excluding carboxylic acids is 2. The average Bonchev–Trinajstić information content (AvgIpc) is 2.74. The van der Waals surface area contributed by atoms with E-state index in [1.807, 2.05) is 31.2 Å². The van der Waals surface area contributed by atoms with Crippen LogP contribution in [-0.4, -0.2) is 82.0 Å². The summed E-state index contributed by atoms with van der Waals surface area (Å²) >= 11 is 0. The van der Waals surface area contributed by atoms with Crippen LogP contribution < -0.4 is 15.1 Å². The summed E-state index contributed by atoms with van der Waals surface area (Å²) in [5.74, 6) is -0.00120. The van der Waals surface area contributed by atoms with Gasteiger partial charge in [0.05, 0.1) is 46.0 Å². The van der Waals surface area contributed by atoms with Crippen molar-refractivity contribution in [1.82, 2.24) is 4.90 Å². The molecule has 28 heavy (non-hydrogen) atoms. The Kier molecular flexibility index (Phi) is 7.11. The molecule has 1 atom stereocenters. The van der Waals surface area contributed by atoms with Gasteiger partial charge in [-0.25, -0.2) is 4.79 Å². The predicted octanol–water partition coefficient (Wildman–Crippen LogP) is 0.207. The monoisotopic (exact) mass is 391 g/mol. The fourth-order valence-corrected chi connectivity index (χ4v) is 3.64. The number of amides is 2. The van der Waals surface area contributed by atoms with Gasteiger partial charge >= 0.3 is 6.09 Å². The molecule has 2 saturated heterocycles. The van der Waals surface area contributed by atoms with Crippen LogP contribution in [0.1, 0.15) is 13.8 Å². The van der Waals surface area contributed by atoms with E-state index in [1.165, 1.54) is 4.90 Å². The van der Waals surface area contributed by atoms with Crippen molar-refractivity contribution in [3.63, 3.8) is 0 Å². The highest BCUT2D eigenvalue weighted by Crippen LogP contribution is 2.19. The second kappa shape index (κ2) is 9.75. The van der Waals surface area contributed by atoms with Crippen molar-refractivity contribution < 1.29 is 24.0 Å². The number of morpholine rings is 1. The van der Waals surface area contributed by atoms with Gasteiger partial charge < -0.3 is 24.6 Å². The SMILES string of the molecule is CCOC(=O)N1CC[NH+]([C@@H](C)C(=O)Nc2ccc(N3CCOCC3)cc2)CC1.